The van der Waals surface area contributed by atoms with Crippen LogP contribution in [-0.2, 0) is 0 Å². The van der Waals surface area contributed by atoms with Gasteiger partial charge in [0.15, 0.2) is 28.5 Å². The first kappa shape index (κ1) is 22.9. The lowest BCUT2D eigenvalue weighted by Crippen LogP contribution is -2.19. The van der Waals surface area contributed by atoms with E-state index in [1.54, 1.807) is 6.07 Å². The number of aromatic nitrogens is 4. The van der Waals surface area contributed by atoms with E-state index in [9.17, 15) is 26.3 Å². The van der Waals surface area contributed by atoms with Crippen molar-refractivity contribution >= 4 is 47.3 Å². The monoisotopic (exact) mass is 482 g/mol. The van der Waals surface area contributed by atoms with E-state index in [4.69, 9.17) is 0 Å². The van der Waals surface area contributed by atoms with Crippen LogP contribution >= 0.6 is 25.3 Å². The number of alkyl halides is 5. The predicted molar refractivity (Wildman–Crippen MR) is 105 cm³/mol. The fourth-order valence-corrected chi connectivity index (χ4v) is 2.87. The molecule has 2 aromatic heterocycles. The van der Waals surface area contributed by atoms with Gasteiger partial charge >= 0.3 is 12.8 Å². The number of nitrogens with zero attached hydrogens (tertiary/aromatic N) is 2. The molecule has 0 saturated carbocycles. The number of fused-ring (bicyclic) bond motifs is 2. The second kappa shape index (κ2) is 9.18. The van der Waals surface area contributed by atoms with Gasteiger partial charge in [-0.1, -0.05) is 0 Å². The molecule has 0 amide bonds. The highest BCUT2D eigenvalue weighted by Gasteiger charge is 2.28. The lowest BCUT2D eigenvalue weighted by atomic mass is 10.3. The molecule has 2 N–H and O–H groups in total. The Hall–Kier alpha value is -2.74. The molecule has 31 heavy (non-hydrogen) atoms. The maximum absolute atomic E-state index is 13.2. The second-order valence-corrected chi connectivity index (χ2v) is 6.73. The van der Waals surface area contributed by atoms with Gasteiger partial charge in [0, 0.05) is 18.2 Å². The lowest BCUT2D eigenvalue weighted by molar-refractivity contribution is -0.153. The van der Waals surface area contributed by atoms with E-state index in [1.807, 2.05) is 0 Å². The Morgan fingerprint density at radius 1 is 0.935 bits per heavy atom. The molecule has 2 heterocycles. The molecule has 0 fully saturated rings. The van der Waals surface area contributed by atoms with Crippen molar-refractivity contribution in [3.05, 3.63) is 36.1 Å². The van der Waals surface area contributed by atoms with Gasteiger partial charge in [-0.2, -0.15) is 22.0 Å². The van der Waals surface area contributed by atoms with Crippen molar-refractivity contribution in [2.75, 3.05) is 6.61 Å². The largest absolute Gasteiger partial charge is 0.484 e. The van der Waals surface area contributed by atoms with Gasteiger partial charge in [0.1, 0.15) is 5.75 Å². The molecule has 0 aliphatic heterocycles. The Morgan fingerprint density at radius 3 is 2.16 bits per heavy atom. The third kappa shape index (κ3) is 6.37. The maximum Gasteiger partial charge on any atom is 0.422 e. The summed E-state index contributed by atoms with van der Waals surface area (Å²) >= 11 is 7.89. The van der Waals surface area contributed by atoms with E-state index in [1.165, 1.54) is 12.1 Å². The van der Waals surface area contributed by atoms with Crippen LogP contribution in [0.3, 0.4) is 0 Å². The van der Waals surface area contributed by atoms with Gasteiger partial charge in [0.2, 0.25) is 0 Å². The Balaban J connectivity index is 0.000000176. The average Bonchev–Trinajstić information content (AvgIpc) is 3.19. The Labute approximate surface area is 180 Å². The summed E-state index contributed by atoms with van der Waals surface area (Å²) in [6.07, 6.45) is -4.34. The highest BCUT2D eigenvalue weighted by atomic mass is 32.1. The van der Waals surface area contributed by atoms with Crippen LogP contribution in [0.15, 0.2) is 40.6 Å². The number of ether oxygens (including phenoxy) is 2. The van der Waals surface area contributed by atoms with Gasteiger partial charge in [0.05, 0.1) is 22.1 Å². The van der Waals surface area contributed by atoms with Crippen molar-refractivity contribution < 1.29 is 35.8 Å². The van der Waals surface area contributed by atoms with Gasteiger partial charge in [-0.15, -0.1) is 25.3 Å². The van der Waals surface area contributed by atoms with Crippen molar-refractivity contribution in [3.8, 4) is 11.5 Å². The minimum absolute atomic E-state index is 0.129. The van der Waals surface area contributed by atoms with E-state index in [0.29, 0.717) is 27.2 Å². The van der Waals surface area contributed by atoms with Crippen molar-refractivity contribution in [1.82, 2.24) is 19.9 Å². The standard InChI is InChI=1S/C9H7F3N2OS.C8H5F3N2OS/c10-9(11,12)4-15-5-1-2-6-7(3-5)14-8(16)13-6;9-3-1-4-5(13-8(15)12-4)2-6(3)14-7(10)11/h1-3H,4H2,(H2,13,14,16);1-2,7H,(H2,12,13,15). The van der Waals surface area contributed by atoms with Crippen LogP contribution in [0.2, 0.25) is 0 Å². The number of imidazole rings is 2. The molecule has 0 unspecified atom stereocenters. The summed E-state index contributed by atoms with van der Waals surface area (Å²) in [7, 11) is 0. The number of halogens is 6. The SMILES string of the molecule is FC(F)(F)COc1ccc2[nH]c(S)nc2c1.Fc1cc2[nH]c(S)nc2cc1OC(F)F. The van der Waals surface area contributed by atoms with Gasteiger partial charge in [-0.05, 0) is 12.1 Å². The zero-order chi connectivity index (χ0) is 22.8. The van der Waals surface area contributed by atoms with Crippen LogP contribution in [0.1, 0.15) is 0 Å². The quantitative estimate of drug-likeness (QED) is 0.233. The number of hydrogen-bond donors (Lipinski definition) is 4. The molecule has 166 valence electrons. The summed E-state index contributed by atoms with van der Waals surface area (Å²) in [5.41, 5.74) is 1.91. The van der Waals surface area contributed by atoms with Crippen LogP contribution in [0.25, 0.3) is 22.1 Å². The van der Waals surface area contributed by atoms with Gasteiger partial charge in [-0.25, -0.2) is 14.4 Å². The van der Waals surface area contributed by atoms with Crippen LogP contribution < -0.4 is 9.47 Å². The summed E-state index contributed by atoms with van der Waals surface area (Å²) < 4.78 is 81.2. The van der Waals surface area contributed by atoms with Crippen LogP contribution in [0, 0.1) is 5.82 Å². The normalized spacial score (nSPS) is 11.6. The zero-order valence-corrected chi connectivity index (χ0v) is 16.8. The first-order valence-electron chi connectivity index (χ1n) is 8.21. The van der Waals surface area contributed by atoms with Crippen molar-refractivity contribution in [1.29, 1.82) is 0 Å². The van der Waals surface area contributed by atoms with E-state index >= 15 is 0 Å². The smallest absolute Gasteiger partial charge is 0.422 e. The van der Waals surface area contributed by atoms with E-state index in [0.717, 1.165) is 12.1 Å². The molecule has 0 spiro atoms. The molecule has 0 aliphatic carbocycles. The minimum atomic E-state index is -4.34. The highest BCUT2D eigenvalue weighted by molar-refractivity contribution is 7.80. The van der Waals surface area contributed by atoms with E-state index in [-0.39, 0.29) is 10.9 Å². The van der Waals surface area contributed by atoms with E-state index in [2.05, 4.69) is 54.7 Å². The molecular weight excluding hydrogens is 470 g/mol. The van der Waals surface area contributed by atoms with Crippen molar-refractivity contribution in [3.63, 3.8) is 0 Å². The average molecular weight is 482 g/mol. The van der Waals surface area contributed by atoms with Crippen molar-refractivity contribution in [2.24, 2.45) is 0 Å². The Bertz CT molecular complexity index is 1190. The number of rotatable bonds is 4. The number of H-pyrrole nitrogens is 2. The number of aromatic amines is 2. The van der Waals surface area contributed by atoms with Crippen LogP contribution in [0.4, 0.5) is 26.3 Å². The molecule has 4 aromatic rings. The molecule has 6 nitrogen and oxygen atoms in total. The van der Waals surface area contributed by atoms with Crippen LogP contribution in [-0.4, -0.2) is 39.3 Å². The van der Waals surface area contributed by atoms with Crippen molar-refractivity contribution in [2.45, 2.75) is 23.1 Å². The molecule has 4 rings (SSSR count). The molecule has 14 heteroatoms. The number of nitrogens with one attached hydrogen (secondary N) is 2. The lowest BCUT2D eigenvalue weighted by Gasteiger charge is -2.08. The summed E-state index contributed by atoms with van der Waals surface area (Å²) in [6.45, 7) is -4.37. The van der Waals surface area contributed by atoms with Gasteiger partial charge < -0.3 is 19.4 Å². The topological polar surface area (TPSA) is 75.8 Å². The summed E-state index contributed by atoms with van der Waals surface area (Å²) in [5.74, 6) is -1.28. The molecule has 0 bridgehead atoms. The maximum atomic E-state index is 13.2. The van der Waals surface area contributed by atoms with Crippen LogP contribution in [0.5, 0.6) is 11.5 Å². The third-order valence-corrected chi connectivity index (χ3v) is 4.01. The van der Waals surface area contributed by atoms with E-state index < -0.39 is 31.0 Å². The fourth-order valence-electron chi connectivity index (χ4n) is 2.41. The Kier molecular flexibility index (Phi) is 6.79. The summed E-state index contributed by atoms with van der Waals surface area (Å²) in [5, 5.41) is 0.682. The third-order valence-electron chi connectivity index (χ3n) is 3.58. The first-order chi connectivity index (χ1) is 14.5. The first-order valence-corrected chi connectivity index (χ1v) is 9.11. The zero-order valence-electron chi connectivity index (χ0n) is 15.0. The molecule has 2 aromatic carbocycles. The molecular formula is C17H12F6N4O2S2. The molecule has 0 saturated heterocycles. The second-order valence-electron chi connectivity index (χ2n) is 5.88. The molecule has 0 atom stereocenters. The Morgan fingerprint density at radius 2 is 1.55 bits per heavy atom. The fraction of sp³-hybridized carbons (Fsp3) is 0.176. The summed E-state index contributed by atoms with van der Waals surface area (Å²) in [4.78, 5) is 13.3. The number of benzene rings is 2. The predicted octanol–water partition coefficient (Wildman–Crippen LogP) is 5.38. The number of hydrogen-bond acceptors (Lipinski definition) is 6. The molecule has 0 radical (unpaired) electrons. The molecule has 0 aliphatic rings. The number of thiol groups is 2. The summed E-state index contributed by atoms with van der Waals surface area (Å²) in [6, 6.07) is 6.58. The van der Waals surface area contributed by atoms with Gasteiger partial charge in [0.25, 0.3) is 0 Å². The van der Waals surface area contributed by atoms with Gasteiger partial charge in [-0.3, -0.25) is 0 Å². The highest BCUT2D eigenvalue weighted by Crippen LogP contribution is 2.25. The minimum Gasteiger partial charge on any atom is -0.484 e.